The molecule has 1 aliphatic heterocycles. The molecule has 0 spiro atoms. The van der Waals surface area contributed by atoms with E-state index in [9.17, 15) is 4.79 Å². The Morgan fingerprint density at radius 2 is 2.29 bits per heavy atom. The number of ether oxygens (including phenoxy) is 2. The second-order valence-electron chi connectivity index (χ2n) is 5.41. The van der Waals surface area contributed by atoms with E-state index in [2.05, 4.69) is 11.8 Å². The highest BCUT2D eigenvalue weighted by atomic mass is 35.5. The molecule has 1 aromatic rings. The van der Waals surface area contributed by atoms with Crippen molar-refractivity contribution < 1.29 is 14.3 Å². The van der Waals surface area contributed by atoms with Crippen LogP contribution in [0.3, 0.4) is 0 Å². The minimum Gasteiger partial charge on any atom is -0.495 e. The zero-order valence-electron chi connectivity index (χ0n) is 12.8. The summed E-state index contributed by atoms with van der Waals surface area (Å²) >= 11 is 6.08. The van der Waals surface area contributed by atoms with E-state index in [1.807, 2.05) is 6.92 Å². The highest BCUT2D eigenvalue weighted by Crippen LogP contribution is 2.25. The molecule has 2 rings (SSSR count). The smallest absolute Gasteiger partial charge is 0.176 e. The second kappa shape index (κ2) is 7.25. The van der Waals surface area contributed by atoms with E-state index >= 15 is 0 Å². The number of benzene rings is 1. The van der Waals surface area contributed by atoms with Gasteiger partial charge in [-0.2, -0.15) is 0 Å². The topological polar surface area (TPSA) is 38.8 Å². The minimum absolute atomic E-state index is 0.0760. The molecule has 21 heavy (non-hydrogen) atoms. The number of carbonyl (C=O) groups is 1. The first-order valence-corrected chi connectivity index (χ1v) is 7.65. The predicted octanol–water partition coefficient (Wildman–Crippen LogP) is 3.03. The molecule has 4 nitrogen and oxygen atoms in total. The second-order valence-corrected chi connectivity index (χ2v) is 5.82. The van der Waals surface area contributed by atoms with Crippen LogP contribution in [0.4, 0.5) is 0 Å². The van der Waals surface area contributed by atoms with Gasteiger partial charge in [0.25, 0.3) is 0 Å². The number of methoxy groups -OCH3 is 1. The van der Waals surface area contributed by atoms with Crippen molar-refractivity contribution in [3.8, 4) is 5.75 Å². The molecule has 116 valence electrons. The maximum atomic E-state index is 12.5. The van der Waals surface area contributed by atoms with Crippen LogP contribution < -0.4 is 4.74 Å². The molecule has 0 radical (unpaired) electrons. The molecule has 2 atom stereocenters. The number of halogens is 1. The van der Waals surface area contributed by atoms with Crippen LogP contribution in [0.25, 0.3) is 0 Å². The van der Waals surface area contributed by atoms with Gasteiger partial charge in [0.05, 0.1) is 31.4 Å². The van der Waals surface area contributed by atoms with Crippen LogP contribution in [0.1, 0.15) is 30.6 Å². The Kier molecular flexibility index (Phi) is 5.62. The first kappa shape index (κ1) is 16.3. The molecule has 0 saturated carbocycles. The van der Waals surface area contributed by atoms with Crippen LogP contribution in [0.15, 0.2) is 18.2 Å². The van der Waals surface area contributed by atoms with Gasteiger partial charge in [-0.25, -0.2) is 0 Å². The highest BCUT2D eigenvalue weighted by molar-refractivity contribution is 6.32. The molecule has 0 bridgehead atoms. The Morgan fingerprint density at radius 3 is 2.90 bits per heavy atom. The normalized spacial score (nSPS) is 23.0. The van der Waals surface area contributed by atoms with E-state index < -0.39 is 0 Å². The van der Waals surface area contributed by atoms with Crippen LogP contribution in [0, 0.1) is 0 Å². The maximum Gasteiger partial charge on any atom is 0.176 e. The van der Waals surface area contributed by atoms with Crippen molar-refractivity contribution in [3.63, 3.8) is 0 Å². The summed E-state index contributed by atoms with van der Waals surface area (Å²) in [5.74, 6) is 0.659. The summed E-state index contributed by atoms with van der Waals surface area (Å²) in [6, 6.07) is 5.47. The number of hydrogen-bond acceptors (Lipinski definition) is 4. The summed E-state index contributed by atoms with van der Waals surface area (Å²) < 4.78 is 10.8. The van der Waals surface area contributed by atoms with E-state index in [1.165, 1.54) is 0 Å². The fourth-order valence-electron chi connectivity index (χ4n) is 2.60. The summed E-state index contributed by atoms with van der Waals surface area (Å²) in [5.41, 5.74) is 0.620. The predicted molar refractivity (Wildman–Crippen MR) is 83.4 cm³/mol. The average Bonchev–Trinajstić information content (AvgIpc) is 2.47. The molecule has 1 aromatic carbocycles. The molecule has 5 heteroatoms. The number of hydrogen-bond donors (Lipinski definition) is 0. The van der Waals surface area contributed by atoms with Crippen molar-refractivity contribution >= 4 is 17.4 Å². The standard InChI is InChI=1S/C16H22ClNO3/c1-4-13-10-21-11(2)8-18(13)9-15(19)12-5-6-16(20-3)14(17)7-12/h5-7,11,13H,4,8-10H2,1-3H3. The summed E-state index contributed by atoms with van der Waals surface area (Å²) in [6.45, 7) is 6.02. The zero-order chi connectivity index (χ0) is 15.4. The van der Waals surface area contributed by atoms with Crippen molar-refractivity contribution in [3.05, 3.63) is 28.8 Å². The molecule has 1 aliphatic rings. The van der Waals surface area contributed by atoms with Crippen LogP contribution in [-0.4, -0.2) is 49.6 Å². The lowest BCUT2D eigenvalue weighted by atomic mass is 10.1. The fourth-order valence-corrected chi connectivity index (χ4v) is 2.86. The van der Waals surface area contributed by atoms with Crippen LogP contribution in [0.2, 0.25) is 5.02 Å². The van der Waals surface area contributed by atoms with Crippen LogP contribution >= 0.6 is 11.6 Å². The first-order chi connectivity index (χ1) is 10.0. The summed E-state index contributed by atoms with van der Waals surface area (Å²) in [7, 11) is 1.56. The summed E-state index contributed by atoms with van der Waals surface area (Å²) in [5, 5.41) is 0.464. The Labute approximate surface area is 131 Å². The van der Waals surface area contributed by atoms with Crippen LogP contribution in [0.5, 0.6) is 5.75 Å². The monoisotopic (exact) mass is 311 g/mol. The van der Waals surface area contributed by atoms with Crippen molar-refractivity contribution in [2.45, 2.75) is 32.4 Å². The fraction of sp³-hybridized carbons (Fsp3) is 0.562. The number of ketones is 1. The van der Waals surface area contributed by atoms with E-state index in [0.717, 1.165) is 13.0 Å². The largest absolute Gasteiger partial charge is 0.495 e. The molecule has 0 amide bonds. The maximum absolute atomic E-state index is 12.5. The molecule has 0 aliphatic carbocycles. The van der Waals surface area contributed by atoms with Crippen molar-refractivity contribution in [1.82, 2.24) is 4.90 Å². The SMILES string of the molecule is CCC1COC(C)CN1CC(=O)c1ccc(OC)c(Cl)c1. The Bertz CT molecular complexity index is 506. The quantitative estimate of drug-likeness (QED) is 0.784. The number of morpholine rings is 1. The van der Waals surface area contributed by atoms with Gasteiger partial charge in [-0.05, 0) is 31.5 Å². The molecule has 1 heterocycles. The molecule has 1 fully saturated rings. The summed E-state index contributed by atoms with van der Waals surface area (Å²) in [4.78, 5) is 14.7. The van der Waals surface area contributed by atoms with Gasteiger partial charge in [0.15, 0.2) is 5.78 Å². The molecule has 0 N–H and O–H groups in total. The third-order valence-corrected chi connectivity index (χ3v) is 4.17. The molecular formula is C16H22ClNO3. The number of Topliss-reactive ketones (excluding diaryl/α,β-unsaturated/α-hetero) is 1. The molecule has 2 unspecified atom stereocenters. The third-order valence-electron chi connectivity index (χ3n) is 3.87. The molecule has 0 aromatic heterocycles. The average molecular weight is 312 g/mol. The molecular weight excluding hydrogens is 290 g/mol. The first-order valence-electron chi connectivity index (χ1n) is 7.27. The van der Waals surface area contributed by atoms with Crippen molar-refractivity contribution in [1.29, 1.82) is 0 Å². The van der Waals surface area contributed by atoms with E-state index in [1.54, 1.807) is 25.3 Å². The van der Waals surface area contributed by atoms with Gasteiger partial charge >= 0.3 is 0 Å². The Balaban J connectivity index is 2.07. The van der Waals surface area contributed by atoms with E-state index in [0.29, 0.717) is 35.5 Å². The molecule has 1 saturated heterocycles. The highest BCUT2D eigenvalue weighted by Gasteiger charge is 2.27. The lowest BCUT2D eigenvalue weighted by molar-refractivity contribution is -0.0523. The number of rotatable bonds is 5. The van der Waals surface area contributed by atoms with Gasteiger partial charge in [-0.3, -0.25) is 9.69 Å². The van der Waals surface area contributed by atoms with E-state index in [-0.39, 0.29) is 11.9 Å². The lowest BCUT2D eigenvalue weighted by Gasteiger charge is -2.37. The Hall–Kier alpha value is -1.10. The number of carbonyl (C=O) groups excluding carboxylic acids is 1. The Morgan fingerprint density at radius 1 is 1.52 bits per heavy atom. The van der Waals surface area contributed by atoms with Crippen molar-refractivity contribution in [2.24, 2.45) is 0 Å². The van der Waals surface area contributed by atoms with Gasteiger partial charge in [0, 0.05) is 18.2 Å². The zero-order valence-corrected chi connectivity index (χ0v) is 13.5. The van der Waals surface area contributed by atoms with Crippen LogP contribution in [-0.2, 0) is 4.74 Å². The van der Waals surface area contributed by atoms with Gasteiger partial charge in [0.1, 0.15) is 5.75 Å². The minimum atomic E-state index is 0.0760. The van der Waals surface area contributed by atoms with Gasteiger partial charge < -0.3 is 9.47 Å². The summed E-state index contributed by atoms with van der Waals surface area (Å²) in [6.07, 6.45) is 1.14. The van der Waals surface area contributed by atoms with E-state index in [4.69, 9.17) is 21.1 Å². The lowest BCUT2D eigenvalue weighted by Crippen LogP contribution is -2.50. The van der Waals surface area contributed by atoms with Crippen molar-refractivity contribution in [2.75, 3.05) is 26.8 Å². The van der Waals surface area contributed by atoms with Gasteiger partial charge in [0.2, 0.25) is 0 Å². The third kappa shape index (κ3) is 3.96. The van der Waals surface area contributed by atoms with Gasteiger partial charge in [-0.15, -0.1) is 0 Å². The van der Waals surface area contributed by atoms with Gasteiger partial charge in [-0.1, -0.05) is 18.5 Å². The number of nitrogens with zero attached hydrogens (tertiary/aromatic N) is 1.